The molecule has 1 aromatic heterocycles. The van der Waals surface area contributed by atoms with Crippen LogP contribution in [0, 0.1) is 0 Å². The molecule has 0 N–H and O–H groups in total. The Morgan fingerprint density at radius 2 is 2.07 bits per heavy atom. The molecule has 0 bridgehead atoms. The Morgan fingerprint density at radius 3 is 2.71 bits per heavy atom. The molecule has 1 fully saturated rings. The van der Waals surface area contributed by atoms with Crippen LogP contribution in [0.1, 0.15) is 50.0 Å². The number of hydrogen-bond donors (Lipinski definition) is 0. The number of aromatic nitrogens is 2. The molecule has 14 heavy (non-hydrogen) atoms. The predicted octanol–water partition coefficient (Wildman–Crippen LogP) is 3.35. The van der Waals surface area contributed by atoms with Crippen LogP contribution in [-0.4, -0.2) is 9.97 Å². The Balaban J connectivity index is 2.27. The summed E-state index contributed by atoms with van der Waals surface area (Å²) in [6, 6.07) is 1.86. The quantitative estimate of drug-likeness (QED) is 0.700. The number of aryl methyl sites for hydroxylation is 1. The fourth-order valence-electron chi connectivity index (χ4n) is 2.03. The second-order valence-electron chi connectivity index (χ2n) is 3.88. The summed E-state index contributed by atoms with van der Waals surface area (Å²) >= 11 is 5.96. The van der Waals surface area contributed by atoms with Gasteiger partial charge in [0.05, 0.1) is 0 Å². The van der Waals surface area contributed by atoms with E-state index < -0.39 is 0 Å². The first-order chi connectivity index (χ1) is 6.79. The molecule has 0 atom stereocenters. The standard InChI is InChI=1S/C11H15ClN2/c1-2-9-7-10(12)14-11(13-9)8-5-3-4-6-8/h7-8H,2-6H2,1H3. The Morgan fingerprint density at radius 1 is 1.36 bits per heavy atom. The van der Waals surface area contributed by atoms with Crippen molar-refractivity contribution >= 4 is 11.6 Å². The monoisotopic (exact) mass is 210 g/mol. The van der Waals surface area contributed by atoms with Gasteiger partial charge in [-0.3, -0.25) is 0 Å². The van der Waals surface area contributed by atoms with E-state index in [0.29, 0.717) is 11.1 Å². The summed E-state index contributed by atoms with van der Waals surface area (Å²) in [6.45, 7) is 2.09. The van der Waals surface area contributed by atoms with Gasteiger partial charge >= 0.3 is 0 Å². The number of nitrogens with zero attached hydrogens (tertiary/aromatic N) is 2. The molecule has 0 amide bonds. The third-order valence-corrected chi connectivity index (χ3v) is 3.04. The average Bonchev–Trinajstić information content (AvgIpc) is 2.69. The zero-order valence-corrected chi connectivity index (χ0v) is 9.22. The van der Waals surface area contributed by atoms with E-state index in [1.807, 2.05) is 6.07 Å². The first-order valence-corrected chi connectivity index (χ1v) is 5.70. The van der Waals surface area contributed by atoms with Gasteiger partial charge in [-0.25, -0.2) is 9.97 Å². The first-order valence-electron chi connectivity index (χ1n) is 5.33. The molecule has 1 aliphatic rings. The highest BCUT2D eigenvalue weighted by Crippen LogP contribution is 2.32. The van der Waals surface area contributed by atoms with Gasteiger partial charge < -0.3 is 0 Å². The minimum absolute atomic E-state index is 0.555. The lowest BCUT2D eigenvalue weighted by molar-refractivity contribution is 0.661. The highest BCUT2D eigenvalue weighted by molar-refractivity contribution is 6.29. The lowest BCUT2D eigenvalue weighted by Crippen LogP contribution is -2.03. The van der Waals surface area contributed by atoms with Crippen molar-refractivity contribution in [2.45, 2.75) is 44.9 Å². The van der Waals surface area contributed by atoms with Gasteiger partial charge in [0.2, 0.25) is 0 Å². The zero-order chi connectivity index (χ0) is 9.97. The molecule has 1 heterocycles. The molecule has 0 spiro atoms. The molecule has 2 rings (SSSR count). The summed E-state index contributed by atoms with van der Waals surface area (Å²) in [5.74, 6) is 1.52. The van der Waals surface area contributed by atoms with E-state index in [-0.39, 0.29) is 0 Å². The van der Waals surface area contributed by atoms with E-state index in [2.05, 4.69) is 16.9 Å². The van der Waals surface area contributed by atoms with Crippen LogP contribution in [0.5, 0.6) is 0 Å². The third-order valence-electron chi connectivity index (χ3n) is 2.85. The molecule has 1 aromatic rings. The largest absolute Gasteiger partial charge is 0.238 e. The molecule has 0 unspecified atom stereocenters. The summed E-state index contributed by atoms with van der Waals surface area (Å²) in [7, 11) is 0. The maximum atomic E-state index is 5.96. The van der Waals surface area contributed by atoms with Gasteiger partial charge in [0, 0.05) is 11.6 Å². The molecule has 3 heteroatoms. The molecule has 0 saturated heterocycles. The number of halogens is 1. The van der Waals surface area contributed by atoms with E-state index in [1.165, 1.54) is 25.7 Å². The van der Waals surface area contributed by atoms with Gasteiger partial charge in [0.25, 0.3) is 0 Å². The summed E-state index contributed by atoms with van der Waals surface area (Å²) in [5, 5.41) is 0.596. The van der Waals surface area contributed by atoms with Crippen LogP contribution in [0.2, 0.25) is 5.15 Å². The number of rotatable bonds is 2. The topological polar surface area (TPSA) is 25.8 Å². The Labute approximate surface area is 89.7 Å². The average molecular weight is 211 g/mol. The molecule has 1 saturated carbocycles. The highest BCUT2D eigenvalue weighted by Gasteiger charge is 2.20. The van der Waals surface area contributed by atoms with Crippen LogP contribution in [0.15, 0.2) is 6.07 Å². The van der Waals surface area contributed by atoms with E-state index in [4.69, 9.17) is 11.6 Å². The molecular weight excluding hydrogens is 196 g/mol. The lowest BCUT2D eigenvalue weighted by Gasteiger charge is -2.08. The van der Waals surface area contributed by atoms with Gasteiger partial charge in [0.15, 0.2) is 0 Å². The molecule has 0 aromatic carbocycles. The van der Waals surface area contributed by atoms with E-state index in [9.17, 15) is 0 Å². The van der Waals surface area contributed by atoms with E-state index in [0.717, 1.165) is 17.9 Å². The summed E-state index contributed by atoms with van der Waals surface area (Å²) < 4.78 is 0. The Kier molecular flexibility index (Phi) is 3.02. The zero-order valence-electron chi connectivity index (χ0n) is 8.46. The van der Waals surface area contributed by atoms with Crippen molar-refractivity contribution < 1.29 is 0 Å². The van der Waals surface area contributed by atoms with Gasteiger partial charge in [-0.15, -0.1) is 0 Å². The SMILES string of the molecule is CCc1cc(Cl)nc(C2CCCC2)n1. The normalized spacial score (nSPS) is 17.6. The summed E-state index contributed by atoms with van der Waals surface area (Å²) in [4.78, 5) is 8.86. The van der Waals surface area contributed by atoms with E-state index >= 15 is 0 Å². The van der Waals surface area contributed by atoms with Crippen LogP contribution in [0.25, 0.3) is 0 Å². The van der Waals surface area contributed by atoms with Crippen molar-refractivity contribution in [3.63, 3.8) is 0 Å². The van der Waals surface area contributed by atoms with Crippen LogP contribution < -0.4 is 0 Å². The molecule has 0 radical (unpaired) electrons. The third kappa shape index (κ3) is 2.06. The van der Waals surface area contributed by atoms with Crippen LogP contribution in [0.4, 0.5) is 0 Å². The van der Waals surface area contributed by atoms with Crippen molar-refractivity contribution in [2.75, 3.05) is 0 Å². The van der Waals surface area contributed by atoms with Crippen molar-refractivity contribution in [3.8, 4) is 0 Å². The van der Waals surface area contributed by atoms with Gasteiger partial charge in [-0.05, 0) is 25.3 Å². The fraction of sp³-hybridized carbons (Fsp3) is 0.636. The fourth-order valence-corrected chi connectivity index (χ4v) is 2.24. The van der Waals surface area contributed by atoms with Crippen molar-refractivity contribution in [1.82, 2.24) is 9.97 Å². The maximum Gasteiger partial charge on any atom is 0.133 e. The molecule has 2 nitrogen and oxygen atoms in total. The Hall–Kier alpha value is -0.630. The van der Waals surface area contributed by atoms with Gasteiger partial charge in [0.1, 0.15) is 11.0 Å². The second-order valence-corrected chi connectivity index (χ2v) is 4.26. The summed E-state index contributed by atoms with van der Waals surface area (Å²) in [6.07, 6.45) is 6.00. The maximum absolute atomic E-state index is 5.96. The summed E-state index contributed by atoms with van der Waals surface area (Å²) in [5.41, 5.74) is 1.06. The Bertz CT molecular complexity index is 319. The smallest absolute Gasteiger partial charge is 0.133 e. The van der Waals surface area contributed by atoms with E-state index in [1.54, 1.807) is 0 Å². The van der Waals surface area contributed by atoms with Gasteiger partial charge in [-0.2, -0.15) is 0 Å². The second kappa shape index (κ2) is 4.26. The van der Waals surface area contributed by atoms with Crippen molar-refractivity contribution in [3.05, 3.63) is 22.7 Å². The first kappa shape index (κ1) is 9.91. The van der Waals surface area contributed by atoms with Crippen LogP contribution in [0.3, 0.4) is 0 Å². The molecule has 0 aliphatic heterocycles. The van der Waals surface area contributed by atoms with Crippen LogP contribution in [-0.2, 0) is 6.42 Å². The lowest BCUT2D eigenvalue weighted by atomic mass is 10.1. The van der Waals surface area contributed by atoms with Gasteiger partial charge in [-0.1, -0.05) is 31.4 Å². The molecule has 76 valence electrons. The number of hydrogen-bond acceptors (Lipinski definition) is 2. The minimum atomic E-state index is 0.555. The van der Waals surface area contributed by atoms with Crippen LogP contribution >= 0.6 is 11.6 Å². The predicted molar refractivity (Wildman–Crippen MR) is 57.6 cm³/mol. The molecule has 1 aliphatic carbocycles. The van der Waals surface area contributed by atoms with Crippen molar-refractivity contribution in [1.29, 1.82) is 0 Å². The molecular formula is C11H15ClN2. The highest BCUT2D eigenvalue weighted by atomic mass is 35.5. The minimum Gasteiger partial charge on any atom is -0.238 e. The van der Waals surface area contributed by atoms with Crippen molar-refractivity contribution in [2.24, 2.45) is 0 Å².